The molecule has 0 spiro atoms. The highest BCUT2D eigenvalue weighted by atomic mass is 16.4. The summed E-state index contributed by atoms with van der Waals surface area (Å²) in [6, 6.07) is -1.06. The van der Waals surface area contributed by atoms with Gasteiger partial charge in [-0.3, -0.25) is 0 Å². The third kappa shape index (κ3) is 4.55. The van der Waals surface area contributed by atoms with Gasteiger partial charge in [0.2, 0.25) is 0 Å². The normalized spacial score (nSPS) is 18.9. The highest BCUT2D eigenvalue weighted by molar-refractivity contribution is 5.82. The molecule has 5 heteroatoms. The molecule has 0 aliphatic heterocycles. The van der Waals surface area contributed by atoms with Crippen LogP contribution in [0.5, 0.6) is 0 Å². The van der Waals surface area contributed by atoms with Crippen LogP contribution in [0.1, 0.15) is 46.5 Å². The van der Waals surface area contributed by atoms with Gasteiger partial charge in [-0.15, -0.1) is 0 Å². The maximum Gasteiger partial charge on any atom is 0.326 e. The van der Waals surface area contributed by atoms with Crippen molar-refractivity contribution in [1.29, 1.82) is 0 Å². The van der Waals surface area contributed by atoms with Gasteiger partial charge >= 0.3 is 12.0 Å². The number of urea groups is 1. The van der Waals surface area contributed by atoms with E-state index in [0.29, 0.717) is 12.3 Å². The third-order valence-electron chi connectivity index (χ3n) is 3.53. The summed E-state index contributed by atoms with van der Waals surface area (Å²) < 4.78 is 0. The van der Waals surface area contributed by atoms with Crippen LogP contribution in [0.25, 0.3) is 0 Å². The molecule has 1 unspecified atom stereocenters. The number of carboxylic acid groups (broad SMARTS) is 1. The zero-order chi connectivity index (χ0) is 13.7. The van der Waals surface area contributed by atoms with E-state index in [2.05, 4.69) is 10.6 Å². The Kier molecular flexibility index (Phi) is 5.44. The summed E-state index contributed by atoms with van der Waals surface area (Å²) in [5.41, 5.74) is 0. The van der Waals surface area contributed by atoms with E-state index in [0.717, 1.165) is 12.8 Å². The largest absolute Gasteiger partial charge is 0.480 e. The smallest absolute Gasteiger partial charge is 0.326 e. The molecular weight excluding hydrogens is 232 g/mol. The van der Waals surface area contributed by atoms with Gasteiger partial charge < -0.3 is 15.7 Å². The number of carbonyl (C=O) groups excluding carboxylic acids is 1. The van der Waals surface area contributed by atoms with E-state index in [-0.39, 0.29) is 18.0 Å². The molecule has 0 bridgehead atoms. The molecule has 2 amide bonds. The minimum atomic E-state index is -0.977. The first-order valence-electron chi connectivity index (χ1n) is 6.70. The number of amides is 2. The second-order valence-corrected chi connectivity index (χ2v) is 5.62. The van der Waals surface area contributed by atoms with Gasteiger partial charge in [0, 0.05) is 6.04 Å². The van der Waals surface area contributed by atoms with Crippen molar-refractivity contribution in [2.24, 2.45) is 11.8 Å². The molecule has 0 aromatic heterocycles. The molecule has 1 fully saturated rings. The Balaban J connectivity index is 2.37. The van der Waals surface area contributed by atoms with Crippen LogP contribution in [0.15, 0.2) is 0 Å². The van der Waals surface area contributed by atoms with Crippen molar-refractivity contribution < 1.29 is 14.7 Å². The van der Waals surface area contributed by atoms with E-state index in [9.17, 15) is 9.59 Å². The lowest BCUT2D eigenvalue weighted by Crippen LogP contribution is -2.51. The zero-order valence-electron chi connectivity index (χ0n) is 11.4. The lowest BCUT2D eigenvalue weighted by Gasteiger charge is -2.32. The molecule has 1 rings (SSSR count). The second kappa shape index (κ2) is 6.61. The first kappa shape index (κ1) is 14.8. The van der Waals surface area contributed by atoms with Crippen molar-refractivity contribution in [2.45, 2.75) is 58.5 Å². The first-order valence-corrected chi connectivity index (χ1v) is 6.70. The fraction of sp³-hybridized carbons (Fsp3) is 0.846. The molecular formula is C13H24N2O3. The van der Waals surface area contributed by atoms with Crippen molar-refractivity contribution in [3.05, 3.63) is 0 Å². The van der Waals surface area contributed by atoms with Crippen LogP contribution in [0.4, 0.5) is 4.79 Å². The minimum absolute atomic E-state index is 0.118. The molecule has 0 aromatic carbocycles. The lowest BCUT2D eigenvalue weighted by atomic mass is 9.80. The van der Waals surface area contributed by atoms with E-state index in [1.165, 1.54) is 6.42 Å². The third-order valence-corrected chi connectivity index (χ3v) is 3.53. The number of hydrogen-bond donors (Lipinski definition) is 3. The van der Waals surface area contributed by atoms with E-state index >= 15 is 0 Å². The Morgan fingerprint density at radius 1 is 1.22 bits per heavy atom. The molecule has 1 saturated carbocycles. The van der Waals surface area contributed by atoms with Gasteiger partial charge in [0.1, 0.15) is 6.04 Å². The van der Waals surface area contributed by atoms with Gasteiger partial charge in [0.25, 0.3) is 0 Å². The molecule has 0 radical (unpaired) electrons. The van der Waals surface area contributed by atoms with Gasteiger partial charge in [-0.1, -0.05) is 20.3 Å². The van der Waals surface area contributed by atoms with Gasteiger partial charge in [-0.25, -0.2) is 9.59 Å². The molecule has 0 saturated heterocycles. The molecule has 1 aliphatic carbocycles. The number of carboxylic acids is 1. The fourth-order valence-corrected chi connectivity index (χ4v) is 2.16. The average molecular weight is 256 g/mol. The lowest BCUT2D eigenvalue weighted by molar-refractivity contribution is -0.139. The maximum absolute atomic E-state index is 11.7. The van der Waals surface area contributed by atoms with Crippen molar-refractivity contribution >= 4 is 12.0 Å². The SMILES string of the molecule is CC(C)C[C@@H](NC(=O)NC(C)C1CCC1)C(=O)O. The van der Waals surface area contributed by atoms with Crippen molar-refractivity contribution in [3.8, 4) is 0 Å². The second-order valence-electron chi connectivity index (χ2n) is 5.62. The highest BCUT2D eigenvalue weighted by Gasteiger charge is 2.26. The van der Waals surface area contributed by atoms with Crippen molar-refractivity contribution in [2.75, 3.05) is 0 Å². The van der Waals surface area contributed by atoms with Crippen molar-refractivity contribution in [1.82, 2.24) is 10.6 Å². The topological polar surface area (TPSA) is 78.4 Å². The monoisotopic (exact) mass is 256 g/mol. The Morgan fingerprint density at radius 2 is 1.83 bits per heavy atom. The predicted molar refractivity (Wildman–Crippen MR) is 69.3 cm³/mol. The molecule has 1 aliphatic rings. The van der Waals surface area contributed by atoms with Crippen LogP contribution in [0, 0.1) is 11.8 Å². The van der Waals surface area contributed by atoms with Gasteiger partial charge in [-0.2, -0.15) is 0 Å². The van der Waals surface area contributed by atoms with Gasteiger partial charge in [-0.05, 0) is 38.0 Å². The fourth-order valence-electron chi connectivity index (χ4n) is 2.16. The van der Waals surface area contributed by atoms with Crippen LogP contribution in [-0.4, -0.2) is 29.2 Å². The minimum Gasteiger partial charge on any atom is -0.480 e. The van der Waals surface area contributed by atoms with E-state index in [1.54, 1.807) is 0 Å². The number of hydrogen-bond acceptors (Lipinski definition) is 2. The molecule has 104 valence electrons. The Bertz CT molecular complexity index is 301. The summed E-state index contributed by atoms with van der Waals surface area (Å²) in [5.74, 6) is -0.199. The Hall–Kier alpha value is -1.26. The van der Waals surface area contributed by atoms with E-state index in [4.69, 9.17) is 5.11 Å². The standard InChI is InChI=1S/C13H24N2O3/c1-8(2)7-11(12(16)17)15-13(18)14-9(3)10-5-4-6-10/h8-11H,4-7H2,1-3H3,(H,16,17)(H2,14,15,18)/t9?,11-/m1/s1. The van der Waals surface area contributed by atoms with Gasteiger partial charge in [0.05, 0.1) is 0 Å². The summed E-state index contributed by atoms with van der Waals surface area (Å²) in [4.78, 5) is 22.7. The zero-order valence-corrected chi connectivity index (χ0v) is 11.4. The van der Waals surface area contributed by atoms with Crippen LogP contribution in [0.2, 0.25) is 0 Å². The number of nitrogens with one attached hydrogen (secondary N) is 2. The van der Waals surface area contributed by atoms with Crippen LogP contribution >= 0.6 is 0 Å². The summed E-state index contributed by atoms with van der Waals surface area (Å²) in [6.07, 6.45) is 3.97. The van der Waals surface area contributed by atoms with Crippen LogP contribution in [-0.2, 0) is 4.79 Å². The average Bonchev–Trinajstić information content (AvgIpc) is 2.11. The van der Waals surface area contributed by atoms with E-state index in [1.807, 2.05) is 20.8 Å². The molecule has 5 nitrogen and oxygen atoms in total. The summed E-state index contributed by atoms with van der Waals surface area (Å²) in [6.45, 7) is 5.85. The summed E-state index contributed by atoms with van der Waals surface area (Å²) in [5, 5.41) is 14.4. The van der Waals surface area contributed by atoms with Crippen LogP contribution < -0.4 is 10.6 Å². The molecule has 0 heterocycles. The summed E-state index contributed by atoms with van der Waals surface area (Å²) >= 11 is 0. The van der Waals surface area contributed by atoms with Crippen LogP contribution in [0.3, 0.4) is 0 Å². The molecule has 3 N–H and O–H groups in total. The Labute approximate surface area is 108 Å². The quantitative estimate of drug-likeness (QED) is 0.680. The highest BCUT2D eigenvalue weighted by Crippen LogP contribution is 2.29. The number of aliphatic carboxylic acids is 1. The first-order chi connectivity index (χ1) is 8.40. The molecule has 2 atom stereocenters. The summed E-state index contributed by atoms with van der Waals surface area (Å²) in [7, 11) is 0. The van der Waals surface area contributed by atoms with Crippen molar-refractivity contribution in [3.63, 3.8) is 0 Å². The maximum atomic E-state index is 11.7. The molecule has 0 aromatic rings. The number of rotatable bonds is 6. The Morgan fingerprint density at radius 3 is 2.22 bits per heavy atom. The van der Waals surface area contributed by atoms with Gasteiger partial charge in [0.15, 0.2) is 0 Å². The molecule has 18 heavy (non-hydrogen) atoms. The predicted octanol–water partition coefficient (Wildman–Crippen LogP) is 1.97. The van der Waals surface area contributed by atoms with E-state index < -0.39 is 12.0 Å². The number of carbonyl (C=O) groups is 2.